The zero-order valence-electron chi connectivity index (χ0n) is 9.99. The minimum atomic E-state index is 0.571. The van der Waals surface area contributed by atoms with E-state index in [-0.39, 0.29) is 0 Å². The van der Waals surface area contributed by atoms with Gasteiger partial charge in [-0.3, -0.25) is 0 Å². The van der Waals surface area contributed by atoms with E-state index in [0.717, 1.165) is 12.2 Å². The van der Waals surface area contributed by atoms with Crippen molar-refractivity contribution in [2.75, 3.05) is 5.32 Å². The quantitative estimate of drug-likeness (QED) is 0.643. The van der Waals surface area contributed by atoms with E-state index in [1.54, 1.807) is 17.4 Å². The van der Waals surface area contributed by atoms with Gasteiger partial charge in [-0.15, -0.1) is 11.3 Å². The molecule has 0 aliphatic heterocycles. The van der Waals surface area contributed by atoms with Gasteiger partial charge in [0.1, 0.15) is 0 Å². The molecular weight excluding hydrogens is 297 g/mol. The summed E-state index contributed by atoms with van der Waals surface area (Å²) in [5, 5.41) is 7.95. The fraction of sp³-hybridized carbons (Fsp3) is 0.0667. The molecule has 0 fully saturated rings. The van der Waals surface area contributed by atoms with Crippen molar-refractivity contribution in [1.82, 2.24) is 0 Å². The van der Waals surface area contributed by atoms with Gasteiger partial charge in [-0.2, -0.15) is 0 Å². The zero-order chi connectivity index (χ0) is 13.2. The highest BCUT2D eigenvalue weighted by Crippen LogP contribution is 2.31. The fourth-order valence-corrected chi connectivity index (χ4v) is 3.33. The van der Waals surface area contributed by atoms with E-state index in [4.69, 9.17) is 23.2 Å². The molecular formula is C15H11Cl2NS. The van der Waals surface area contributed by atoms with Crippen LogP contribution < -0.4 is 5.32 Å². The van der Waals surface area contributed by atoms with Gasteiger partial charge in [0.05, 0.1) is 15.7 Å². The van der Waals surface area contributed by atoms with Gasteiger partial charge in [0.15, 0.2) is 0 Å². The van der Waals surface area contributed by atoms with Gasteiger partial charge in [-0.1, -0.05) is 47.5 Å². The molecule has 2 aromatic carbocycles. The fourth-order valence-electron chi connectivity index (χ4n) is 2.00. The van der Waals surface area contributed by atoms with E-state index >= 15 is 0 Å². The molecule has 0 atom stereocenters. The first-order valence-corrected chi connectivity index (χ1v) is 7.52. The number of benzene rings is 2. The molecule has 1 N–H and O–H groups in total. The van der Waals surface area contributed by atoms with Gasteiger partial charge in [-0.25, -0.2) is 0 Å². The first-order valence-electron chi connectivity index (χ1n) is 5.88. The van der Waals surface area contributed by atoms with Crippen LogP contribution in [0.5, 0.6) is 0 Å². The Morgan fingerprint density at radius 2 is 1.84 bits per heavy atom. The lowest BCUT2D eigenvalue weighted by Gasteiger charge is -2.08. The van der Waals surface area contributed by atoms with Crippen LogP contribution in [0.3, 0.4) is 0 Å². The Morgan fingerprint density at radius 3 is 2.74 bits per heavy atom. The molecule has 0 aliphatic carbocycles. The highest BCUT2D eigenvalue weighted by molar-refractivity contribution is 7.17. The number of thiophene rings is 1. The highest BCUT2D eigenvalue weighted by Gasteiger charge is 2.06. The summed E-state index contributed by atoms with van der Waals surface area (Å²) >= 11 is 13.9. The van der Waals surface area contributed by atoms with E-state index in [2.05, 4.69) is 35.0 Å². The van der Waals surface area contributed by atoms with Crippen molar-refractivity contribution in [2.24, 2.45) is 0 Å². The van der Waals surface area contributed by atoms with Gasteiger partial charge < -0.3 is 5.32 Å². The Balaban J connectivity index is 1.84. The SMILES string of the molecule is Clc1cccc(NCc2csc3ccccc23)c1Cl. The average Bonchev–Trinajstić information content (AvgIpc) is 2.84. The third-order valence-corrected chi connectivity index (χ3v) is 4.81. The number of fused-ring (bicyclic) bond motifs is 1. The first kappa shape index (κ1) is 12.8. The minimum Gasteiger partial charge on any atom is -0.380 e. The van der Waals surface area contributed by atoms with Crippen LogP contribution in [0.1, 0.15) is 5.56 Å². The maximum Gasteiger partial charge on any atom is 0.0823 e. The van der Waals surface area contributed by atoms with Gasteiger partial charge in [-0.05, 0) is 34.5 Å². The van der Waals surface area contributed by atoms with Crippen molar-refractivity contribution >= 4 is 50.3 Å². The largest absolute Gasteiger partial charge is 0.380 e. The van der Waals surface area contributed by atoms with Crippen LogP contribution >= 0.6 is 34.5 Å². The summed E-state index contributed by atoms with van der Waals surface area (Å²) in [5.74, 6) is 0. The number of hydrogen-bond donors (Lipinski definition) is 1. The third-order valence-electron chi connectivity index (χ3n) is 2.98. The molecule has 4 heteroatoms. The van der Waals surface area contributed by atoms with Crippen LogP contribution in [0.15, 0.2) is 47.8 Å². The number of halogens is 2. The lowest BCUT2D eigenvalue weighted by molar-refractivity contribution is 1.18. The zero-order valence-corrected chi connectivity index (χ0v) is 12.3. The summed E-state index contributed by atoms with van der Waals surface area (Å²) in [7, 11) is 0. The molecule has 19 heavy (non-hydrogen) atoms. The van der Waals surface area contributed by atoms with Crippen molar-refractivity contribution in [3.05, 3.63) is 63.5 Å². The summed E-state index contributed by atoms with van der Waals surface area (Å²) < 4.78 is 1.30. The first-order chi connectivity index (χ1) is 9.25. The van der Waals surface area contributed by atoms with E-state index in [0.29, 0.717) is 10.0 Å². The summed E-state index contributed by atoms with van der Waals surface area (Å²) in [4.78, 5) is 0. The molecule has 3 aromatic rings. The number of hydrogen-bond acceptors (Lipinski definition) is 2. The number of rotatable bonds is 3. The van der Waals surface area contributed by atoms with Crippen molar-refractivity contribution in [2.45, 2.75) is 6.54 Å². The minimum absolute atomic E-state index is 0.571. The number of anilines is 1. The molecule has 0 radical (unpaired) electrons. The molecule has 0 bridgehead atoms. The molecule has 1 nitrogen and oxygen atoms in total. The van der Waals surface area contributed by atoms with Crippen LogP contribution in [0, 0.1) is 0 Å². The lowest BCUT2D eigenvalue weighted by Crippen LogP contribution is -1.99. The molecule has 0 unspecified atom stereocenters. The molecule has 0 saturated carbocycles. The monoisotopic (exact) mass is 307 g/mol. The van der Waals surface area contributed by atoms with Crippen LogP contribution in [-0.2, 0) is 6.54 Å². The second-order valence-electron chi connectivity index (χ2n) is 4.21. The van der Waals surface area contributed by atoms with Gasteiger partial charge >= 0.3 is 0 Å². The van der Waals surface area contributed by atoms with E-state index in [1.165, 1.54) is 15.6 Å². The maximum atomic E-state index is 6.16. The molecule has 1 aromatic heterocycles. The highest BCUT2D eigenvalue weighted by atomic mass is 35.5. The topological polar surface area (TPSA) is 12.0 Å². The normalized spacial score (nSPS) is 10.8. The molecule has 0 amide bonds. The van der Waals surface area contributed by atoms with Crippen LogP contribution in [0.4, 0.5) is 5.69 Å². The predicted octanol–water partition coefficient (Wildman–Crippen LogP) is 5.82. The second kappa shape index (κ2) is 5.41. The Hall–Kier alpha value is -1.22. The second-order valence-corrected chi connectivity index (χ2v) is 5.91. The summed E-state index contributed by atoms with van der Waals surface area (Å²) in [6.45, 7) is 0.740. The van der Waals surface area contributed by atoms with E-state index < -0.39 is 0 Å². The Labute approximate surface area is 125 Å². The van der Waals surface area contributed by atoms with Crippen LogP contribution in [0.2, 0.25) is 10.0 Å². The van der Waals surface area contributed by atoms with Gasteiger partial charge in [0, 0.05) is 11.2 Å². The van der Waals surface area contributed by atoms with Crippen molar-refractivity contribution in [1.29, 1.82) is 0 Å². The standard InChI is InChI=1S/C15H11Cl2NS/c16-12-5-3-6-13(15(12)17)18-8-10-9-19-14-7-2-1-4-11(10)14/h1-7,9,18H,8H2. The Bertz CT molecular complexity index is 721. The maximum absolute atomic E-state index is 6.16. The summed E-state index contributed by atoms with van der Waals surface area (Å²) in [6, 6.07) is 14.0. The van der Waals surface area contributed by atoms with Crippen LogP contribution in [-0.4, -0.2) is 0 Å². The lowest BCUT2D eigenvalue weighted by atomic mass is 10.2. The molecule has 0 saturated heterocycles. The molecule has 0 spiro atoms. The molecule has 96 valence electrons. The van der Waals surface area contributed by atoms with E-state index in [9.17, 15) is 0 Å². The van der Waals surface area contributed by atoms with Crippen molar-refractivity contribution < 1.29 is 0 Å². The smallest absolute Gasteiger partial charge is 0.0823 e. The molecule has 3 rings (SSSR count). The number of nitrogens with one attached hydrogen (secondary N) is 1. The van der Waals surface area contributed by atoms with Gasteiger partial charge in [0.25, 0.3) is 0 Å². The molecule has 1 heterocycles. The van der Waals surface area contributed by atoms with Crippen molar-refractivity contribution in [3.8, 4) is 0 Å². The van der Waals surface area contributed by atoms with Gasteiger partial charge in [0.2, 0.25) is 0 Å². The average molecular weight is 308 g/mol. The summed E-state index contributed by atoms with van der Waals surface area (Å²) in [5.41, 5.74) is 2.14. The Kier molecular flexibility index (Phi) is 3.65. The molecule has 0 aliphatic rings. The van der Waals surface area contributed by atoms with Crippen LogP contribution in [0.25, 0.3) is 10.1 Å². The van der Waals surface area contributed by atoms with E-state index in [1.807, 2.05) is 12.1 Å². The summed E-state index contributed by atoms with van der Waals surface area (Å²) in [6.07, 6.45) is 0. The Morgan fingerprint density at radius 1 is 1.00 bits per heavy atom. The third kappa shape index (κ3) is 2.57. The van der Waals surface area contributed by atoms with Crippen molar-refractivity contribution in [3.63, 3.8) is 0 Å². The predicted molar refractivity (Wildman–Crippen MR) is 85.6 cm³/mol.